The van der Waals surface area contributed by atoms with Gasteiger partial charge in [-0.3, -0.25) is 0 Å². The SMILES string of the molecule is CCCCCCC#C/C(=C/C(CCCCCC)=C(/I)[Si](C)(C)C)CCCCCC. The van der Waals surface area contributed by atoms with E-state index in [-0.39, 0.29) is 0 Å². The summed E-state index contributed by atoms with van der Waals surface area (Å²) in [5, 5.41) is 0. The fourth-order valence-electron chi connectivity index (χ4n) is 3.41. The summed E-state index contributed by atoms with van der Waals surface area (Å²) >= 11 is 2.66. The molecule has 0 saturated heterocycles. The molecule has 0 aliphatic carbocycles. The molecule has 0 fully saturated rings. The summed E-state index contributed by atoms with van der Waals surface area (Å²) in [7, 11) is -1.28. The zero-order valence-electron chi connectivity index (χ0n) is 20.6. The van der Waals surface area contributed by atoms with E-state index < -0.39 is 8.07 Å². The fourth-order valence-corrected chi connectivity index (χ4v) is 4.99. The van der Waals surface area contributed by atoms with Gasteiger partial charge in [0.15, 0.2) is 0 Å². The lowest BCUT2D eigenvalue weighted by Crippen LogP contribution is -2.21. The first-order valence-corrected chi connectivity index (χ1v) is 17.0. The maximum Gasteiger partial charge on any atom is 0.0858 e. The van der Waals surface area contributed by atoms with Crippen LogP contribution >= 0.6 is 22.6 Å². The van der Waals surface area contributed by atoms with Crippen molar-refractivity contribution in [3.05, 3.63) is 20.4 Å². The first kappa shape index (κ1) is 29.0. The molecule has 0 radical (unpaired) electrons. The molecule has 0 aliphatic rings. The summed E-state index contributed by atoms with van der Waals surface area (Å²) < 4.78 is 1.66. The van der Waals surface area contributed by atoms with Crippen molar-refractivity contribution in [1.82, 2.24) is 0 Å². The molecule has 0 rings (SSSR count). The zero-order valence-corrected chi connectivity index (χ0v) is 23.7. The average molecular weight is 529 g/mol. The van der Waals surface area contributed by atoms with Crippen LogP contribution in [-0.4, -0.2) is 8.07 Å². The zero-order chi connectivity index (χ0) is 22.0. The highest BCUT2D eigenvalue weighted by atomic mass is 127. The Balaban J connectivity index is 5.36. The standard InChI is InChI=1S/C27H49ISi/c1-7-10-13-16-17-19-22-25(21-18-14-11-8-2)24-26(23-20-15-12-9-3)27(28)29(4,5)6/h24H,7-18,20-21,23H2,1-6H3/b25-24+,27-26-. The van der Waals surface area contributed by atoms with Crippen LogP contribution in [0.25, 0.3) is 0 Å². The number of halogens is 1. The Kier molecular flexibility index (Phi) is 18.7. The van der Waals surface area contributed by atoms with E-state index in [1.807, 2.05) is 0 Å². The third-order valence-corrected chi connectivity index (χ3v) is 12.5. The van der Waals surface area contributed by atoms with Crippen molar-refractivity contribution in [2.24, 2.45) is 0 Å². The highest BCUT2D eigenvalue weighted by Crippen LogP contribution is 2.30. The van der Waals surface area contributed by atoms with Gasteiger partial charge in [-0.25, -0.2) is 0 Å². The second kappa shape index (κ2) is 18.7. The molecule has 0 nitrogen and oxygen atoms in total. The topological polar surface area (TPSA) is 0 Å². The minimum absolute atomic E-state index is 1.06. The van der Waals surface area contributed by atoms with Gasteiger partial charge in [-0.15, -0.1) is 0 Å². The van der Waals surface area contributed by atoms with E-state index in [9.17, 15) is 0 Å². The van der Waals surface area contributed by atoms with Crippen LogP contribution in [0.1, 0.15) is 117 Å². The third kappa shape index (κ3) is 16.4. The molecule has 0 amide bonds. The van der Waals surface area contributed by atoms with Crippen molar-refractivity contribution < 1.29 is 0 Å². The monoisotopic (exact) mass is 528 g/mol. The van der Waals surface area contributed by atoms with Gasteiger partial charge in [-0.05, 0) is 47.0 Å². The van der Waals surface area contributed by atoms with Crippen molar-refractivity contribution in [3.63, 3.8) is 0 Å². The molecule has 0 N–H and O–H groups in total. The Hall–Kier alpha value is -0.0131. The molecule has 0 saturated carbocycles. The largest absolute Gasteiger partial charge is 0.0982 e. The van der Waals surface area contributed by atoms with Gasteiger partial charge in [0.25, 0.3) is 0 Å². The van der Waals surface area contributed by atoms with Gasteiger partial charge in [-0.2, -0.15) is 0 Å². The van der Waals surface area contributed by atoms with Gasteiger partial charge in [0, 0.05) is 12.0 Å². The Labute approximate surface area is 198 Å². The van der Waals surface area contributed by atoms with E-state index in [1.54, 1.807) is 8.78 Å². The van der Waals surface area contributed by atoms with E-state index in [2.05, 4.69) is 80.9 Å². The normalized spacial score (nSPS) is 13.1. The first-order chi connectivity index (χ1) is 13.9. The van der Waals surface area contributed by atoms with Gasteiger partial charge in [0.2, 0.25) is 0 Å². The van der Waals surface area contributed by atoms with Crippen LogP contribution in [0, 0.1) is 11.8 Å². The van der Waals surface area contributed by atoms with Crippen LogP contribution in [0.4, 0.5) is 0 Å². The lowest BCUT2D eigenvalue weighted by Gasteiger charge is -2.20. The quantitative estimate of drug-likeness (QED) is 0.0614. The van der Waals surface area contributed by atoms with Crippen molar-refractivity contribution >= 4 is 30.7 Å². The second-order valence-corrected chi connectivity index (χ2v) is 16.6. The van der Waals surface area contributed by atoms with Gasteiger partial charge < -0.3 is 0 Å². The maximum absolute atomic E-state index is 3.60. The van der Waals surface area contributed by atoms with Crippen LogP contribution < -0.4 is 0 Å². The molecule has 0 heterocycles. The average Bonchev–Trinajstić information content (AvgIpc) is 2.68. The molecular formula is C27H49ISi. The molecule has 0 unspecified atom stereocenters. The summed E-state index contributed by atoms with van der Waals surface area (Å²) in [6, 6.07) is 0. The predicted molar refractivity (Wildman–Crippen MR) is 147 cm³/mol. The highest BCUT2D eigenvalue weighted by molar-refractivity contribution is 14.1. The molecule has 2 heteroatoms. The second-order valence-electron chi connectivity index (χ2n) is 9.49. The fraction of sp³-hybridized carbons (Fsp3) is 0.778. The molecule has 0 aromatic rings. The van der Waals surface area contributed by atoms with E-state index in [1.165, 1.54) is 89.0 Å². The van der Waals surface area contributed by atoms with Crippen LogP contribution in [0.3, 0.4) is 0 Å². The Morgan fingerprint density at radius 2 is 1.24 bits per heavy atom. The number of unbranched alkanes of at least 4 members (excludes halogenated alkanes) is 10. The molecule has 0 aromatic heterocycles. The lowest BCUT2D eigenvalue weighted by molar-refractivity contribution is 0.663. The van der Waals surface area contributed by atoms with Crippen LogP contribution in [-0.2, 0) is 0 Å². The van der Waals surface area contributed by atoms with Crippen LogP contribution in [0.15, 0.2) is 20.4 Å². The Bertz CT molecular complexity index is 525. The van der Waals surface area contributed by atoms with Gasteiger partial charge >= 0.3 is 0 Å². The number of rotatable bonds is 16. The smallest absolute Gasteiger partial charge is 0.0858 e. The summed E-state index contributed by atoms with van der Waals surface area (Å²) in [6.07, 6.45) is 21.9. The molecule has 0 spiro atoms. The van der Waals surface area contributed by atoms with E-state index >= 15 is 0 Å². The van der Waals surface area contributed by atoms with Crippen molar-refractivity contribution in [1.29, 1.82) is 0 Å². The number of allylic oxidation sites excluding steroid dienone is 3. The van der Waals surface area contributed by atoms with Crippen molar-refractivity contribution in [2.45, 2.75) is 137 Å². The highest BCUT2D eigenvalue weighted by Gasteiger charge is 2.20. The molecule has 0 bridgehead atoms. The molecule has 0 atom stereocenters. The van der Waals surface area contributed by atoms with Crippen molar-refractivity contribution in [2.75, 3.05) is 0 Å². The number of hydrogen-bond donors (Lipinski definition) is 0. The summed E-state index contributed by atoms with van der Waals surface area (Å²) in [4.78, 5) is 0. The molecule has 168 valence electrons. The Morgan fingerprint density at radius 1 is 0.724 bits per heavy atom. The molecular weight excluding hydrogens is 479 g/mol. The first-order valence-electron chi connectivity index (χ1n) is 12.4. The lowest BCUT2D eigenvalue weighted by atomic mass is 10.0. The van der Waals surface area contributed by atoms with E-state index in [4.69, 9.17) is 0 Å². The molecule has 0 aromatic carbocycles. The van der Waals surface area contributed by atoms with Gasteiger partial charge in [0.05, 0.1) is 8.07 Å². The minimum atomic E-state index is -1.28. The van der Waals surface area contributed by atoms with Gasteiger partial charge in [0.1, 0.15) is 0 Å². The predicted octanol–water partition coefficient (Wildman–Crippen LogP) is 10.4. The van der Waals surface area contributed by atoms with E-state index in [0.29, 0.717) is 0 Å². The summed E-state index contributed by atoms with van der Waals surface area (Å²) in [5.74, 6) is 7.11. The van der Waals surface area contributed by atoms with Crippen LogP contribution in [0.5, 0.6) is 0 Å². The number of hydrogen-bond acceptors (Lipinski definition) is 0. The summed E-state index contributed by atoms with van der Waals surface area (Å²) in [6.45, 7) is 14.3. The molecule has 29 heavy (non-hydrogen) atoms. The van der Waals surface area contributed by atoms with E-state index in [0.717, 1.165) is 12.8 Å². The minimum Gasteiger partial charge on any atom is -0.0982 e. The summed E-state index contributed by atoms with van der Waals surface area (Å²) in [5.41, 5.74) is 3.00. The van der Waals surface area contributed by atoms with Crippen LogP contribution in [0.2, 0.25) is 19.6 Å². The third-order valence-electron chi connectivity index (χ3n) is 5.29. The Morgan fingerprint density at radius 3 is 1.76 bits per heavy atom. The maximum atomic E-state index is 3.60. The van der Waals surface area contributed by atoms with Gasteiger partial charge in [-0.1, -0.05) is 133 Å². The van der Waals surface area contributed by atoms with Crippen molar-refractivity contribution in [3.8, 4) is 11.8 Å². The molecule has 0 aliphatic heterocycles.